The van der Waals surface area contributed by atoms with Gasteiger partial charge in [0.1, 0.15) is 5.82 Å². The number of rotatable bonds is 4. The summed E-state index contributed by atoms with van der Waals surface area (Å²) in [6.45, 7) is 4.77. The van der Waals surface area contributed by atoms with Crippen LogP contribution in [0, 0.1) is 5.92 Å². The van der Waals surface area contributed by atoms with E-state index in [1.165, 1.54) is 11.5 Å². The molecule has 1 aromatic rings. The SMILES string of the molecule is CC(C)c1nsc(NCC2CCS(=O)(=O)C2)n1. The van der Waals surface area contributed by atoms with Crippen molar-refractivity contribution >= 4 is 26.5 Å². The second-order valence-corrected chi connectivity index (χ2v) is 7.74. The lowest BCUT2D eigenvalue weighted by Gasteiger charge is -2.07. The van der Waals surface area contributed by atoms with E-state index >= 15 is 0 Å². The Kier molecular flexibility index (Phi) is 3.67. The smallest absolute Gasteiger partial charge is 0.202 e. The molecule has 0 saturated carbocycles. The number of aromatic nitrogens is 2. The van der Waals surface area contributed by atoms with E-state index in [9.17, 15) is 8.42 Å². The van der Waals surface area contributed by atoms with Gasteiger partial charge in [-0.2, -0.15) is 4.37 Å². The van der Waals surface area contributed by atoms with Crippen LogP contribution in [0.1, 0.15) is 32.0 Å². The monoisotopic (exact) mass is 275 g/mol. The number of anilines is 1. The minimum Gasteiger partial charge on any atom is -0.360 e. The fourth-order valence-corrected chi connectivity index (χ4v) is 4.38. The van der Waals surface area contributed by atoms with Crippen LogP contribution in [0.25, 0.3) is 0 Å². The second kappa shape index (κ2) is 4.89. The van der Waals surface area contributed by atoms with E-state index in [4.69, 9.17) is 0 Å². The van der Waals surface area contributed by atoms with Crippen molar-refractivity contribution in [2.75, 3.05) is 23.4 Å². The lowest BCUT2D eigenvalue weighted by molar-refractivity contribution is 0.596. The van der Waals surface area contributed by atoms with Crippen molar-refractivity contribution in [2.24, 2.45) is 5.92 Å². The van der Waals surface area contributed by atoms with E-state index in [-0.39, 0.29) is 5.92 Å². The molecule has 0 radical (unpaired) electrons. The third kappa shape index (κ3) is 3.38. The fraction of sp³-hybridized carbons (Fsp3) is 0.800. The van der Waals surface area contributed by atoms with Crippen LogP contribution in [0.3, 0.4) is 0 Å². The maximum atomic E-state index is 11.3. The van der Waals surface area contributed by atoms with Gasteiger partial charge in [0.25, 0.3) is 0 Å². The lowest BCUT2D eigenvalue weighted by Crippen LogP contribution is -2.15. The minimum absolute atomic E-state index is 0.214. The Hall–Kier alpha value is -0.690. The van der Waals surface area contributed by atoms with E-state index in [0.717, 1.165) is 17.4 Å². The fourth-order valence-electron chi connectivity index (χ4n) is 1.81. The molecule has 1 atom stereocenters. The van der Waals surface area contributed by atoms with Gasteiger partial charge in [-0.05, 0) is 12.3 Å². The summed E-state index contributed by atoms with van der Waals surface area (Å²) in [6, 6.07) is 0. The van der Waals surface area contributed by atoms with E-state index in [1.54, 1.807) is 0 Å². The lowest BCUT2D eigenvalue weighted by atomic mass is 10.1. The first-order valence-corrected chi connectivity index (χ1v) is 8.33. The molecule has 0 aromatic carbocycles. The Labute approximate surface area is 106 Å². The summed E-state index contributed by atoms with van der Waals surface area (Å²) in [5.41, 5.74) is 0. The maximum Gasteiger partial charge on any atom is 0.202 e. The van der Waals surface area contributed by atoms with Crippen LogP contribution in [0.2, 0.25) is 0 Å². The van der Waals surface area contributed by atoms with Crippen LogP contribution < -0.4 is 5.32 Å². The summed E-state index contributed by atoms with van der Waals surface area (Å²) in [4.78, 5) is 4.35. The van der Waals surface area contributed by atoms with Gasteiger partial charge in [0.05, 0.1) is 11.5 Å². The normalized spacial score (nSPS) is 23.1. The van der Waals surface area contributed by atoms with Crippen molar-refractivity contribution < 1.29 is 8.42 Å². The molecule has 1 N–H and O–H groups in total. The highest BCUT2D eigenvalue weighted by Gasteiger charge is 2.27. The van der Waals surface area contributed by atoms with Gasteiger partial charge in [0.2, 0.25) is 5.13 Å². The van der Waals surface area contributed by atoms with Gasteiger partial charge < -0.3 is 5.32 Å². The van der Waals surface area contributed by atoms with Crippen molar-refractivity contribution in [1.29, 1.82) is 0 Å². The molecule has 0 aliphatic carbocycles. The molecule has 1 unspecified atom stereocenters. The zero-order valence-electron chi connectivity index (χ0n) is 10.0. The van der Waals surface area contributed by atoms with Gasteiger partial charge in [0.15, 0.2) is 9.84 Å². The summed E-state index contributed by atoms with van der Waals surface area (Å²) in [7, 11) is -2.78. The van der Waals surface area contributed by atoms with Crippen molar-refractivity contribution in [3.8, 4) is 0 Å². The molecule has 1 saturated heterocycles. The van der Waals surface area contributed by atoms with Crippen molar-refractivity contribution in [3.63, 3.8) is 0 Å². The molecule has 96 valence electrons. The minimum atomic E-state index is -2.78. The van der Waals surface area contributed by atoms with E-state index in [0.29, 0.717) is 24.0 Å². The number of sulfone groups is 1. The third-order valence-corrected chi connectivity index (χ3v) is 5.35. The van der Waals surface area contributed by atoms with Crippen LogP contribution in [0.5, 0.6) is 0 Å². The molecule has 1 fully saturated rings. The summed E-state index contributed by atoms with van der Waals surface area (Å²) >= 11 is 1.34. The van der Waals surface area contributed by atoms with Crippen LogP contribution in [0.4, 0.5) is 5.13 Å². The molecule has 5 nitrogen and oxygen atoms in total. The second-order valence-electron chi connectivity index (χ2n) is 4.76. The molecule has 1 aliphatic rings. The third-order valence-electron chi connectivity index (χ3n) is 2.83. The molecule has 0 spiro atoms. The summed E-state index contributed by atoms with van der Waals surface area (Å²) in [6.07, 6.45) is 0.755. The molecule has 17 heavy (non-hydrogen) atoms. The number of hydrogen-bond acceptors (Lipinski definition) is 6. The quantitative estimate of drug-likeness (QED) is 0.901. The number of nitrogens with zero attached hydrogens (tertiary/aromatic N) is 2. The Balaban J connectivity index is 1.86. The van der Waals surface area contributed by atoms with Crippen molar-refractivity contribution in [2.45, 2.75) is 26.2 Å². The number of nitrogens with one attached hydrogen (secondary N) is 1. The van der Waals surface area contributed by atoms with E-state index in [2.05, 4.69) is 28.5 Å². The Morgan fingerprint density at radius 3 is 2.82 bits per heavy atom. The van der Waals surface area contributed by atoms with E-state index < -0.39 is 9.84 Å². The molecule has 7 heteroatoms. The van der Waals surface area contributed by atoms with Crippen molar-refractivity contribution in [1.82, 2.24) is 9.36 Å². The first-order valence-electron chi connectivity index (χ1n) is 5.74. The zero-order valence-corrected chi connectivity index (χ0v) is 11.6. The predicted molar refractivity (Wildman–Crippen MR) is 69.2 cm³/mol. The standard InChI is InChI=1S/C10H17N3O2S2/c1-7(2)9-12-10(16-13-9)11-5-8-3-4-17(14,15)6-8/h7-8H,3-6H2,1-2H3,(H,11,12,13). The average Bonchev–Trinajstić information content (AvgIpc) is 2.81. The highest BCUT2D eigenvalue weighted by atomic mass is 32.2. The summed E-state index contributed by atoms with van der Waals surface area (Å²) < 4.78 is 26.8. The van der Waals surface area contributed by atoms with Gasteiger partial charge in [-0.1, -0.05) is 13.8 Å². The summed E-state index contributed by atoms with van der Waals surface area (Å²) in [5.74, 6) is 2.01. The average molecular weight is 275 g/mol. The Morgan fingerprint density at radius 1 is 1.53 bits per heavy atom. The topological polar surface area (TPSA) is 72.0 Å². The molecular formula is C10H17N3O2S2. The molecule has 0 amide bonds. The van der Waals surface area contributed by atoms with Gasteiger partial charge >= 0.3 is 0 Å². The first-order chi connectivity index (χ1) is 7.96. The molecule has 1 aromatic heterocycles. The van der Waals surface area contributed by atoms with Gasteiger partial charge in [-0.3, -0.25) is 0 Å². The highest BCUT2D eigenvalue weighted by molar-refractivity contribution is 7.91. The van der Waals surface area contributed by atoms with Gasteiger partial charge in [-0.15, -0.1) is 0 Å². The van der Waals surface area contributed by atoms with Crippen LogP contribution >= 0.6 is 11.5 Å². The van der Waals surface area contributed by atoms with Gasteiger partial charge in [0, 0.05) is 24.0 Å². The molecule has 2 heterocycles. The Bertz CT molecular complexity index is 481. The summed E-state index contributed by atoms with van der Waals surface area (Å²) in [5, 5.41) is 3.97. The molecular weight excluding hydrogens is 258 g/mol. The maximum absolute atomic E-state index is 11.3. The van der Waals surface area contributed by atoms with Crippen LogP contribution in [0.15, 0.2) is 0 Å². The van der Waals surface area contributed by atoms with Crippen LogP contribution in [-0.2, 0) is 9.84 Å². The van der Waals surface area contributed by atoms with Gasteiger partial charge in [-0.25, -0.2) is 13.4 Å². The first kappa shape index (κ1) is 12.8. The predicted octanol–water partition coefficient (Wildman–Crippen LogP) is 1.51. The van der Waals surface area contributed by atoms with E-state index in [1.807, 2.05) is 0 Å². The molecule has 0 bridgehead atoms. The Morgan fingerprint density at radius 2 is 2.29 bits per heavy atom. The molecule has 2 rings (SSSR count). The zero-order chi connectivity index (χ0) is 12.5. The largest absolute Gasteiger partial charge is 0.360 e. The number of hydrogen-bond donors (Lipinski definition) is 1. The highest BCUT2D eigenvalue weighted by Crippen LogP contribution is 2.21. The van der Waals surface area contributed by atoms with Crippen LogP contribution in [-0.4, -0.2) is 35.8 Å². The van der Waals surface area contributed by atoms with Crippen molar-refractivity contribution in [3.05, 3.63) is 5.82 Å². The molecule has 1 aliphatic heterocycles.